The SMILES string of the molecule is Nc1cc(C(=O)O)ccc1N1CCCCC1=O. The smallest absolute Gasteiger partial charge is 0.335 e. The average Bonchev–Trinajstić information content (AvgIpc) is 2.30. The summed E-state index contributed by atoms with van der Waals surface area (Å²) in [5.41, 5.74) is 6.87. The quantitative estimate of drug-likeness (QED) is 0.759. The zero-order valence-corrected chi connectivity index (χ0v) is 9.35. The van der Waals surface area contributed by atoms with Gasteiger partial charge in [0, 0.05) is 13.0 Å². The molecule has 2 rings (SSSR count). The predicted molar refractivity (Wildman–Crippen MR) is 64.0 cm³/mol. The first kappa shape index (κ1) is 11.4. The van der Waals surface area contributed by atoms with E-state index in [1.54, 1.807) is 11.0 Å². The minimum Gasteiger partial charge on any atom is -0.478 e. The Morgan fingerprint density at radius 3 is 2.71 bits per heavy atom. The van der Waals surface area contributed by atoms with Crippen LogP contribution in [-0.2, 0) is 4.79 Å². The Morgan fingerprint density at radius 2 is 2.12 bits per heavy atom. The van der Waals surface area contributed by atoms with Gasteiger partial charge in [-0.05, 0) is 31.0 Å². The molecule has 0 aliphatic carbocycles. The van der Waals surface area contributed by atoms with E-state index in [0.29, 0.717) is 24.3 Å². The molecule has 0 bridgehead atoms. The van der Waals surface area contributed by atoms with Crippen molar-refractivity contribution in [2.45, 2.75) is 19.3 Å². The van der Waals surface area contributed by atoms with Crippen molar-refractivity contribution in [3.63, 3.8) is 0 Å². The Balaban J connectivity index is 2.32. The third-order valence-electron chi connectivity index (χ3n) is 2.89. The number of nitrogens with two attached hydrogens (primary N) is 1. The number of benzene rings is 1. The van der Waals surface area contributed by atoms with Crippen molar-refractivity contribution in [3.05, 3.63) is 23.8 Å². The monoisotopic (exact) mass is 234 g/mol. The van der Waals surface area contributed by atoms with Crippen LogP contribution in [0.1, 0.15) is 29.6 Å². The van der Waals surface area contributed by atoms with Crippen LogP contribution in [0.3, 0.4) is 0 Å². The lowest BCUT2D eigenvalue weighted by Gasteiger charge is -2.27. The first-order chi connectivity index (χ1) is 8.09. The predicted octanol–water partition coefficient (Wildman–Crippen LogP) is 1.48. The van der Waals surface area contributed by atoms with Crippen molar-refractivity contribution in [1.82, 2.24) is 0 Å². The van der Waals surface area contributed by atoms with Gasteiger partial charge in [-0.25, -0.2) is 4.79 Å². The standard InChI is InChI=1S/C12H14N2O3/c13-9-7-8(12(16)17)4-5-10(9)14-6-2-1-3-11(14)15/h4-5,7H,1-3,6,13H2,(H,16,17). The van der Waals surface area contributed by atoms with E-state index in [1.807, 2.05) is 0 Å². The molecule has 0 saturated carbocycles. The number of nitrogen functional groups attached to an aromatic ring is 1. The molecule has 1 heterocycles. The van der Waals surface area contributed by atoms with Gasteiger partial charge in [0.25, 0.3) is 0 Å². The number of nitrogens with zero attached hydrogens (tertiary/aromatic N) is 1. The zero-order chi connectivity index (χ0) is 12.4. The summed E-state index contributed by atoms with van der Waals surface area (Å²) in [6.07, 6.45) is 2.38. The maximum atomic E-state index is 11.7. The summed E-state index contributed by atoms with van der Waals surface area (Å²) in [6.45, 7) is 0.648. The molecular weight excluding hydrogens is 220 g/mol. The molecule has 90 valence electrons. The highest BCUT2D eigenvalue weighted by atomic mass is 16.4. The van der Waals surface area contributed by atoms with Crippen LogP contribution >= 0.6 is 0 Å². The molecule has 0 spiro atoms. The number of carbonyl (C=O) groups is 2. The van der Waals surface area contributed by atoms with Crippen LogP contribution < -0.4 is 10.6 Å². The summed E-state index contributed by atoms with van der Waals surface area (Å²) >= 11 is 0. The fraction of sp³-hybridized carbons (Fsp3) is 0.333. The van der Waals surface area contributed by atoms with Gasteiger partial charge in [-0.1, -0.05) is 0 Å². The summed E-state index contributed by atoms with van der Waals surface area (Å²) in [5, 5.41) is 8.83. The summed E-state index contributed by atoms with van der Waals surface area (Å²) < 4.78 is 0. The molecule has 5 heteroatoms. The van der Waals surface area contributed by atoms with E-state index in [9.17, 15) is 9.59 Å². The number of amides is 1. The Kier molecular flexibility index (Phi) is 2.99. The van der Waals surface area contributed by atoms with Crippen molar-refractivity contribution in [1.29, 1.82) is 0 Å². The minimum absolute atomic E-state index is 0.0472. The topological polar surface area (TPSA) is 83.6 Å². The molecule has 1 fully saturated rings. The van der Waals surface area contributed by atoms with Gasteiger partial charge in [0.1, 0.15) is 0 Å². The normalized spacial score (nSPS) is 16.0. The largest absolute Gasteiger partial charge is 0.478 e. The van der Waals surface area contributed by atoms with Crippen LogP contribution in [0.2, 0.25) is 0 Å². The maximum Gasteiger partial charge on any atom is 0.335 e. The Morgan fingerprint density at radius 1 is 1.35 bits per heavy atom. The van der Waals surface area contributed by atoms with E-state index in [-0.39, 0.29) is 11.5 Å². The van der Waals surface area contributed by atoms with Gasteiger partial charge >= 0.3 is 5.97 Å². The van der Waals surface area contributed by atoms with Crippen LogP contribution in [0, 0.1) is 0 Å². The second-order valence-electron chi connectivity index (χ2n) is 4.08. The van der Waals surface area contributed by atoms with Crippen molar-refractivity contribution in [2.24, 2.45) is 0 Å². The second kappa shape index (κ2) is 4.45. The first-order valence-corrected chi connectivity index (χ1v) is 5.53. The highest BCUT2D eigenvalue weighted by Gasteiger charge is 2.21. The van der Waals surface area contributed by atoms with Gasteiger partial charge in [0.2, 0.25) is 5.91 Å². The zero-order valence-electron chi connectivity index (χ0n) is 9.35. The van der Waals surface area contributed by atoms with E-state index in [4.69, 9.17) is 10.8 Å². The molecule has 1 aliphatic heterocycles. The van der Waals surface area contributed by atoms with Crippen molar-refractivity contribution in [3.8, 4) is 0 Å². The summed E-state index contributed by atoms with van der Waals surface area (Å²) in [7, 11) is 0. The first-order valence-electron chi connectivity index (χ1n) is 5.53. The molecule has 1 aromatic rings. The molecule has 3 N–H and O–H groups in total. The molecule has 5 nitrogen and oxygen atoms in total. The van der Waals surface area contributed by atoms with Gasteiger partial charge in [0.15, 0.2) is 0 Å². The summed E-state index contributed by atoms with van der Waals surface area (Å²) in [4.78, 5) is 24.1. The average molecular weight is 234 g/mol. The minimum atomic E-state index is -1.02. The van der Waals surface area contributed by atoms with Crippen LogP contribution in [0.5, 0.6) is 0 Å². The van der Waals surface area contributed by atoms with E-state index in [1.165, 1.54) is 12.1 Å². The van der Waals surface area contributed by atoms with E-state index in [0.717, 1.165) is 12.8 Å². The fourth-order valence-corrected chi connectivity index (χ4v) is 1.99. The number of hydrogen-bond acceptors (Lipinski definition) is 3. The van der Waals surface area contributed by atoms with Crippen LogP contribution in [0.15, 0.2) is 18.2 Å². The van der Waals surface area contributed by atoms with Gasteiger partial charge < -0.3 is 15.7 Å². The van der Waals surface area contributed by atoms with Crippen LogP contribution in [0.25, 0.3) is 0 Å². The highest BCUT2D eigenvalue weighted by molar-refractivity contribution is 5.98. The molecule has 1 amide bonds. The molecule has 1 saturated heterocycles. The number of piperidine rings is 1. The second-order valence-corrected chi connectivity index (χ2v) is 4.08. The molecule has 17 heavy (non-hydrogen) atoms. The lowest BCUT2D eigenvalue weighted by molar-refractivity contribution is -0.119. The molecule has 0 aromatic heterocycles. The molecule has 0 radical (unpaired) electrons. The number of carboxylic acids is 1. The molecule has 1 aliphatic rings. The Labute approximate surface area is 98.8 Å². The summed E-state index contributed by atoms with van der Waals surface area (Å²) in [5.74, 6) is -0.973. The number of carboxylic acid groups (broad SMARTS) is 1. The number of aromatic carboxylic acids is 1. The van der Waals surface area contributed by atoms with Gasteiger partial charge in [-0.3, -0.25) is 4.79 Å². The third kappa shape index (κ3) is 2.22. The number of hydrogen-bond donors (Lipinski definition) is 2. The fourth-order valence-electron chi connectivity index (χ4n) is 1.99. The lowest BCUT2D eigenvalue weighted by atomic mass is 10.1. The number of rotatable bonds is 2. The summed E-state index contributed by atoms with van der Waals surface area (Å²) in [6, 6.07) is 4.46. The number of carbonyl (C=O) groups excluding carboxylic acids is 1. The van der Waals surface area contributed by atoms with Crippen molar-refractivity contribution in [2.75, 3.05) is 17.2 Å². The van der Waals surface area contributed by atoms with Gasteiger partial charge in [-0.15, -0.1) is 0 Å². The van der Waals surface area contributed by atoms with Crippen molar-refractivity contribution < 1.29 is 14.7 Å². The molecule has 1 aromatic carbocycles. The maximum absolute atomic E-state index is 11.7. The lowest BCUT2D eigenvalue weighted by Crippen LogP contribution is -2.35. The van der Waals surface area contributed by atoms with Crippen LogP contribution in [-0.4, -0.2) is 23.5 Å². The van der Waals surface area contributed by atoms with Crippen molar-refractivity contribution >= 4 is 23.3 Å². The van der Waals surface area contributed by atoms with Gasteiger partial charge in [0.05, 0.1) is 16.9 Å². The third-order valence-corrected chi connectivity index (χ3v) is 2.89. The molecule has 0 atom stereocenters. The highest BCUT2D eigenvalue weighted by Crippen LogP contribution is 2.27. The number of anilines is 2. The Hall–Kier alpha value is -2.04. The molecule has 0 unspecified atom stereocenters. The van der Waals surface area contributed by atoms with E-state index < -0.39 is 5.97 Å². The Bertz CT molecular complexity index is 471. The van der Waals surface area contributed by atoms with Crippen LogP contribution in [0.4, 0.5) is 11.4 Å². The molecular formula is C12H14N2O3. The van der Waals surface area contributed by atoms with E-state index in [2.05, 4.69) is 0 Å². The van der Waals surface area contributed by atoms with E-state index >= 15 is 0 Å². The van der Waals surface area contributed by atoms with Gasteiger partial charge in [-0.2, -0.15) is 0 Å².